The molecule has 0 saturated carbocycles. The van der Waals surface area contributed by atoms with E-state index in [2.05, 4.69) is 5.32 Å². The topological polar surface area (TPSA) is 89.9 Å². The third-order valence-corrected chi connectivity index (χ3v) is 3.62. The van der Waals surface area contributed by atoms with E-state index in [1.807, 2.05) is 0 Å². The Hall–Kier alpha value is -1.30. The Morgan fingerprint density at radius 3 is 2.84 bits per heavy atom. The molecule has 110 valence electrons. The van der Waals surface area contributed by atoms with Crippen LogP contribution in [-0.4, -0.2) is 53.4 Å². The molecule has 0 aromatic carbocycles. The summed E-state index contributed by atoms with van der Waals surface area (Å²) in [6, 6.07) is -0.0802. The highest BCUT2D eigenvalue weighted by molar-refractivity contribution is 5.74. The molecule has 6 nitrogen and oxygen atoms in total. The van der Waals surface area contributed by atoms with Gasteiger partial charge in [0.25, 0.3) is 0 Å². The van der Waals surface area contributed by atoms with Gasteiger partial charge in [-0.1, -0.05) is 6.92 Å². The van der Waals surface area contributed by atoms with Crippen molar-refractivity contribution < 1.29 is 19.8 Å². The number of nitrogens with one attached hydrogen (secondary N) is 1. The van der Waals surface area contributed by atoms with Crippen molar-refractivity contribution in [1.82, 2.24) is 10.2 Å². The van der Waals surface area contributed by atoms with Crippen molar-refractivity contribution in [1.29, 1.82) is 0 Å². The van der Waals surface area contributed by atoms with Crippen LogP contribution in [0.15, 0.2) is 0 Å². The number of likely N-dealkylation sites (tertiary alicyclic amines) is 1. The van der Waals surface area contributed by atoms with Gasteiger partial charge in [-0.05, 0) is 31.6 Å². The van der Waals surface area contributed by atoms with E-state index in [0.29, 0.717) is 31.8 Å². The molecule has 1 rings (SSSR count). The monoisotopic (exact) mass is 272 g/mol. The number of carboxylic acid groups (broad SMARTS) is 1. The molecule has 0 aromatic heterocycles. The molecule has 1 fully saturated rings. The number of urea groups is 1. The van der Waals surface area contributed by atoms with E-state index in [0.717, 1.165) is 19.4 Å². The summed E-state index contributed by atoms with van der Waals surface area (Å²) in [5.74, 6) is -0.752. The lowest BCUT2D eigenvalue weighted by molar-refractivity contribution is -0.141. The first kappa shape index (κ1) is 15.8. The van der Waals surface area contributed by atoms with Gasteiger partial charge in [0.2, 0.25) is 0 Å². The van der Waals surface area contributed by atoms with Crippen LogP contribution in [0.2, 0.25) is 0 Å². The van der Waals surface area contributed by atoms with Crippen molar-refractivity contribution in [3.05, 3.63) is 0 Å². The van der Waals surface area contributed by atoms with Crippen molar-refractivity contribution >= 4 is 12.0 Å². The molecule has 0 bridgehead atoms. The van der Waals surface area contributed by atoms with Gasteiger partial charge < -0.3 is 20.4 Å². The van der Waals surface area contributed by atoms with Gasteiger partial charge in [-0.25, -0.2) is 4.79 Å². The van der Waals surface area contributed by atoms with Crippen molar-refractivity contribution in [2.24, 2.45) is 11.8 Å². The Balaban J connectivity index is 2.13. The Kier molecular flexibility index (Phi) is 6.62. The number of carboxylic acids is 1. The van der Waals surface area contributed by atoms with Crippen molar-refractivity contribution in [2.45, 2.75) is 32.6 Å². The molecular formula is C13H24N2O4. The standard InChI is InChI=1S/C13H24N2O4/c1-10(12(17)18)3-2-6-14-13(19)15-7-4-11(9-15)5-8-16/h10-11,16H,2-9H2,1H3,(H,14,19)(H,17,18). The number of carbonyl (C=O) groups excluding carboxylic acids is 1. The lowest BCUT2D eigenvalue weighted by Crippen LogP contribution is -2.39. The average Bonchev–Trinajstić information content (AvgIpc) is 2.83. The maximum atomic E-state index is 11.8. The molecule has 0 aliphatic carbocycles. The van der Waals surface area contributed by atoms with E-state index in [1.165, 1.54) is 0 Å². The Bertz CT molecular complexity index is 309. The van der Waals surface area contributed by atoms with Crippen LogP contribution < -0.4 is 5.32 Å². The van der Waals surface area contributed by atoms with Crippen LogP contribution in [0.1, 0.15) is 32.6 Å². The molecule has 3 N–H and O–H groups in total. The molecule has 2 unspecified atom stereocenters. The van der Waals surface area contributed by atoms with Gasteiger partial charge in [0.1, 0.15) is 0 Å². The Morgan fingerprint density at radius 1 is 1.47 bits per heavy atom. The largest absolute Gasteiger partial charge is 0.481 e. The number of aliphatic carboxylic acids is 1. The van der Waals surface area contributed by atoms with Crippen LogP contribution >= 0.6 is 0 Å². The molecule has 1 aliphatic rings. The first-order valence-corrected chi connectivity index (χ1v) is 6.91. The molecule has 1 heterocycles. The second-order valence-electron chi connectivity index (χ2n) is 5.23. The molecule has 1 saturated heterocycles. The summed E-state index contributed by atoms with van der Waals surface area (Å²) in [5, 5.41) is 20.4. The summed E-state index contributed by atoms with van der Waals surface area (Å²) in [6.07, 6.45) is 2.94. The van der Waals surface area contributed by atoms with Crippen LogP contribution in [0.25, 0.3) is 0 Å². The summed E-state index contributed by atoms with van der Waals surface area (Å²) < 4.78 is 0. The zero-order chi connectivity index (χ0) is 14.3. The summed E-state index contributed by atoms with van der Waals surface area (Å²) >= 11 is 0. The van der Waals surface area contributed by atoms with E-state index in [1.54, 1.807) is 11.8 Å². The van der Waals surface area contributed by atoms with Crippen molar-refractivity contribution in [3.8, 4) is 0 Å². The summed E-state index contributed by atoms with van der Waals surface area (Å²) in [5.41, 5.74) is 0. The summed E-state index contributed by atoms with van der Waals surface area (Å²) in [6.45, 7) is 3.80. The molecule has 6 heteroatoms. The lowest BCUT2D eigenvalue weighted by Gasteiger charge is -2.17. The van der Waals surface area contributed by atoms with Gasteiger partial charge in [-0.2, -0.15) is 0 Å². The smallest absolute Gasteiger partial charge is 0.317 e. The number of carbonyl (C=O) groups is 2. The SMILES string of the molecule is CC(CCCNC(=O)N1CCC(CCO)C1)C(=O)O. The second-order valence-corrected chi connectivity index (χ2v) is 5.23. The highest BCUT2D eigenvalue weighted by Crippen LogP contribution is 2.18. The normalized spacial score (nSPS) is 20.3. The maximum absolute atomic E-state index is 11.8. The molecule has 0 aromatic rings. The molecule has 2 atom stereocenters. The fraction of sp³-hybridized carbons (Fsp3) is 0.846. The number of amides is 2. The van der Waals surface area contributed by atoms with Gasteiger partial charge in [0.15, 0.2) is 0 Å². The molecule has 0 radical (unpaired) electrons. The van der Waals surface area contributed by atoms with E-state index in [9.17, 15) is 9.59 Å². The first-order chi connectivity index (χ1) is 9.04. The summed E-state index contributed by atoms with van der Waals surface area (Å²) in [4.78, 5) is 24.2. The molecule has 19 heavy (non-hydrogen) atoms. The predicted molar refractivity (Wildman–Crippen MR) is 70.8 cm³/mol. The summed E-state index contributed by atoms with van der Waals surface area (Å²) in [7, 11) is 0. The average molecular weight is 272 g/mol. The number of aliphatic hydroxyl groups excluding tert-OH is 1. The lowest BCUT2D eigenvalue weighted by atomic mass is 10.1. The van der Waals surface area contributed by atoms with Crippen LogP contribution in [-0.2, 0) is 4.79 Å². The fourth-order valence-electron chi connectivity index (χ4n) is 2.27. The highest BCUT2D eigenvalue weighted by atomic mass is 16.4. The fourth-order valence-corrected chi connectivity index (χ4v) is 2.27. The highest BCUT2D eigenvalue weighted by Gasteiger charge is 2.25. The number of nitrogens with zero attached hydrogens (tertiary/aromatic N) is 1. The molecule has 2 amide bonds. The van der Waals surface area contributed by atoms with Crippen LogP contribution in [0.4, 0.5) is 4.79 Å². The van der Waals surface area contributed by atoms with Crippen LogP contribution in [0, 0.1) is 11.8 Å². The van der Waals surface area contributed by atoms with Crippen molar-refractivity contribution in [3.63, 3.8) is 0 Å². The Labute approximate surface area is 113 Å². The number of aliphatic hydroxyl groups is 1. The number of rotatable bonds is 7. The number of hydrogen-bond donors (Lipinski definition) is 3. The Morgan fingerprint density at radius 2 is 2.21 bits per heavy atom. The third-order valence-electron chi connectivity index (χ3n) is 3.62. The van der Waals surface area contributed by atoms with Crippen LogP contribution in [0.5, 0.6) is 0 Å². The predicted octanol–water partition coefficient (Wildman–Crippen LogP) is 0.901. The second kappa shape index (κ2) is 7.99. The van der Waals surface area contributed by atoms with Gasteiger partial charge in [-0.3, -0.25) is 4.79 Å². The minimum atomic E-state index is -0.794. The van der Waals surface area contributed by atoms with E-state index >= 15 is 0 Å². The maximum Gasteiger partial charge on any atom is 0.317 e. The zero-order valence-electron chi connectivity index (χ0n) is 11.5. The minimum Gasteiger partial charge on any atom is -0.481 e. The van der Waals surface area contributed by atoms with E-state index in [-0.39, 0.29) is 18.6 Å². The van der Waals surface area contributed by atoms with Gasteiger partial charge >= 0.3 is 12.0 Å². The third kappa shape index (κ3) is 5.46. The molecular weight excluding hydrogens is 248 g/mol. The molecule has 0 spiro atoms. The number of hydrogen-bond acceptors (Lipinski definition) is 3. The van der Waals surface area contributed by atoms with E-state index in [4.69, 9.17) is 10.2 Å². The van der Waals surface area contributed by atoms with E-state index < -0.39 is 5.97 Å². The quantitative estimate of drug-likeness (QED) is 0.601. The van der Waals surface area contributed by atoms with Gasteiger partial charge in [0.05, 0.1) is 5.92 Å². The van der Waals surface area contributed by atoms with Crippen LogP contribution in [0.3, 0.4) is 0 Å². The minimum absolute atomic E-state index is 0.0802. The van der Waals surface area contributed by atoms with Gasteiger partial charge in [-0.15, -0.1) is 0 Å². The van der Waals surface area contributed by atoms with Crippen molar-refractivity contribution in [2.75, 3.05) is 26.2 Å². The zero-order valence-corrected chi connectivity index (χ0v) is 11.5. The van der Waals surface area contributed by atoms with Gasteiger partial charge in [0, 0.05) is 26.2 Å². The first-order valence-electron chi connectivity index (χ1n) is 6.91. The molecule has 1 aliphatic heterocycles.